The average molecular weight is 796 g/mol. The Morgan fingerprint density at radius 1 is 0.931 bits per heavy atom. The van der Waals surface area contributed by atoms with Crippen LogP contribution in [0.2, 0.25) is 0 Å². The number of aryl methyl sites for hydroxylation is 1. The van der Waals surface area contributed by atoms with Crippen molar-refractivity contribution in [2.24, 2.45) is 18.9 Å². The van der Waals surface area contributed by atoms with Gasteiger partial charge in [0.2, 0.25) is 11.8 Å². The topological polar surface area (TPSA) is 172 Å². The molecule has 3 aromatic rings. The number of aromatic nitrogens is 1. The highest BCUT2D eigenvalue weighted by Crippen LogP contribution is 2.42. The second-order valence-electron chi connectivity index (χ2n) is 16.2. The Morgan fingerprint density at radius 2 is 1.67 bits per heavy atom. The van der Waals surface area contributed by atoms with Gasteiger partial charge in [-0.15, -0.1) is 0 Å². The van der Waals surface area contributed by atoms with Gasteiger partial charge < -0.3 is 33.9 Å². The molecule has 16 nitrogen and oxygen atoms in total. The van der Waals surface area contributed by atoms with E-state index in [4.69, 9.17) is 14.2 Å². The summed E-state index contributed by atoms with van der Waals surface area (Å²) in [6.45, 7) is 4.04. The van der Waals surface area contributed by atoms with Crippen LogP contribution in [0.4, 0.5) is 4.79 Å². The Labute approximate surface area is 336 Å². The number of amides is 6. The Hall–Kier alpha value is -5.74. The summed E-state index contributed by atoms with van der Waals surface area (Å²) in [5.41, 5.74) is 4.54. The van der Waals surface area contributed by atoms with Gasteiger partial charge >= 0.3 is 6.03 Å². The molecule has 3 fully saturated rings. The van der Waals surface area contributed by atoms with Crippen molar-refractivity contribution in [2.75, 3.05) is 61.1 Å². The summed E-state index contributed by atoms with van der Waals surface area (Å²) in [6.07, 6.45) is 3.42. The van der Waals surface area contributed by atoms with Crippen molar-refractivity contribution in [3.8, 4) is 28.4 Å². The number of ether oxygens (including phenoxy) is 3. The molecule has 5 aliphatic rings. The molecule has 58 heavy (non-hydrogen) atoms. The number of rotatable bonds is 11. The largest absolute Gasteiger partial charge is 0.496 e. The summed E-state index contributed by atoms with van der Waals surface area (Å²) in [7, 11) is 8.99. The molecule has 1 aliphatic carbocycles. The van der Waals surface area contributed by atoms with Crippen LogP contribution < -0.4 is 30.4 Å². The maximum absolute atomic E-state index is 13.7. The minimum atomic E-state index is -1.02. The predicted molar refractivity (Wildman–Crippen MR) is 211 cm³/mol. The summed E-state index contributed by atoms with van der Waals surface area (Å²) in [6, 6.07) is 7.54. The van der Waals surface area contributed by atoms with Crippen molar-refractivity contribution in [1.29, 1.82) is 0 Å². The first kappa shape index (κ1) is 39.1. The Morgan fingerprint density at radius 3 is 2.38 bits per heavy atom. The van der Waals surface area contributed by atoms with Crippen molar-refractivity contribution in [3.63, 3.8) is 0 Å². The molecule has 0 bridgehead atoms. The summed E-state index contributed by atoms with van der Waals surface area (Å²) in [5, 5.41) is 5.47. The molecule has 2 N–H and O–H groups in total. The van der Waals surface area contributed by atoms with Crippen LogP contribution in [0, 0.1) is 11.8 Å². The molecule has 4 atom stereocenters. The second kappa shape index (κ2) is 15.5. The molecule has 0 spiro atoms. The van der Waals surface area contributed by atoms with Crippen LogP contribution in [-0.4, -0.2) is 127 Å². The SMILES string of the molecule is COc1cc(-c2cn(C)c(=O)c3c2CCN(C(=O)NC2CC4CN(CCOc5ccc6c(c5)C(=O)N(C5CCC(=O)NC5=O)C6=O)CC42)C3)cc(OC)c1CN(C)C. The molecular weight excluding hydrogens is 747 g/mol. The molecule has 6 amide bonds. The summed E-state index contributed by atoms with van der Waals surface area (Å²) in [4.78, 5) is 84.4. The summed E-state index contributed by atoms with van der Waals surface area (Å²) in [5.74, 6) is 0.421. The zero-order valence-corrected chi connectivity index (χ0v) is 33.5. The van der Waals surface area contributed by atoms with Crippen molar-refractivity contribution in [2.45, 2.75) is 50.9 Å². The smallest absolute Gasteiger partial charge is 0.317 e. The van der Waals surface area contributed by atoms with E-state index in [0.29, 0.717) is 67.3 Å². The Bertz CT molecular complexity index is 2250. The maximum Gasteiger partial charge on any atom is 0.317 e. The maximum atomic E-state index is 13.7. The number of imide groups is 2. The van der Waals surface area contributed by atoms with E-state index < -0.39 is 29.7 Å². The Balaban J connectivity index is 0.858. The van der Waals surface area contributed by atoms with Gasteiger partial charge in [-0.25, -0.2) is 4.79 Å². The van der Waals surface area contributed by atoms with E-state index in [2.05, 4.69) is 15.5 Å². The number of methoxy groups -OCH3 is 2. The van der Waals surface area contributed by atoms with Gasteiger partial charge in [0.05, 0.1) is 37.5 Å². The second-order valence-corrected chi connectivity index (χ2v) is 16.2. The van der Waals surface area contributed by atoms with Gasteiger partial charge in [0.25, 0.3) is 17.4 Å². The van der Waals surface area contributed by atoms with Crippen LogP contribution in [0.15, 0.2) is 41.3 Å². The number of likely N-dealkylation sites (tertiary alicyclic amines) is 1. The Kier molecular flexibility index (Phi) is 10.5. The van der Waals surface area contributed by atoms with E-state index in [1.54, 1.807) is 36.8 Å². The number of nitrogens with zero attached hydrogens (tertiary/aromatic N) is 5. The van der Waals surface area contributed by atoms with E-state index in [-0.39, 0.29) is 48.1 Å². The molecule has 5 heterocycles. The number of carbonyl (C=O) groups excluding carboxylic acids is 5. The van der Waals surface area contributed by atoms with Gasteiger partial charge in [0.1, 0.15) is 29.9 Å². The van der Waals surface area contributed by atoms with Crippen LogP contribution in [0.5, 0.6) is 17.2 Å². The van der Waals surface area contributed by atoms with Gasteiger partial charge in [-0.05, 0) is 86.7 Å². The van der Waals surface area contributed by atoms with Gasteiger partial charge in [0, 0.05) is 69.6 Å². The monoisotopic (exact) mass is 795 g/mol. The van der Waals surface area contributed by atoms with Crippen LogP contribution in [0.1, 0.15) is 56.7 Å². The molecule has 4 unspecified atom stereocenters. The van der Waals surface area contributed by atoms with E-state index in [1.807, 2.05) is 37.3 Å². The zero-order chi connectivity index (χ0) is 41.0. The lowest BCUT2D eigenvalue weighted by Crippen LogP contribution is -2.56. The van der Waals surface area contributed by atoms with E-state index >= 15 is 0 Å². The van der Waals surface area contributed by atoms with Crippen molar-refractivity contribution >= 4 is 29.7 Å². The van der Waals surface area contributed by atoms with Gasteiger partial charge in [-0.2, -0.15) is 0 Å². The van der Waals surface area contributed by atoms with Crippen LogP contribution in [-0.2, 0) is 36.1 Å². The number of hydrogen-bond donors (Lipinski definition) is 2. The van der Waals surface area contributed by atoms with Crippen LogP contribution >= 0.6 is 0 Å². The molecule has 16 heteroatoms. The first-order valence-corrected chi connectivity index (χ1v) is 19.7. The number of nitrogens with one attached hydrogen (secondary N) is 2. The third-order valence-electron chi connectivity index (χ3n) is 12.3. The number of pyridine rings is 1. The zero-order valence-electron chi connectivity index (χ0n) is 33.5. The number of carbonyl (C=O) groups is 5. The lowest BCUT2D eigenvalue weighted by Gasteiger charge is -2.41. The normalized spacial score (nSPS) is 22.7. The molecule has 306 valence electrons. The standard InChI is InChI=1S/C42H49N7O9/c1-45(2)19-32-35(56-4)15-23(16-36(32)57-5)29-20-46(3)39(52)31-22-48(11-10-26(29)31)42(55)43-33-14-24-18-47(21-30(24)33)12-13-58-25-6-7-27-28(17-25)41(54)49(40(27)53)34-8-9-37(50)44-38(34)51/h6-7,15-17,20,24,30,33-34H,8-14,18-19,21-22H2,1-5H3,(H,43,55)(H,44,50,51). The molecule has 4 aliphatic heterocycles. The van der Waals surface area contributed by atoms with E-state index in [0.717, 1.165) is 46.7 Å². The molecule has 2 saturated heterocycles. The third kappa shape index (κ3) is 7.08. The predicted octanol–water partition coefficient (Wildman–Crippen LogP) is 2.00. The van der Waals surface area contributed by atoms with Gasteiger partial charge in [-0.1, -0.05) is 0 Å². The average Bonchev–Trinajstić information content (AvgIpc) is 3.65. The van der Waals surface area contributed by atoms with E-state index in [1.165, 1.54) is 12.1 Å². The molecule has 0 radical (unpaired) electrons. The van der Waals surface area contributed by atoms with E-state index in [9.17, 15) is 28.8 Å². The summed E-state index contributed by atoms with van der Waals surface area (Å²) >= 11 is 0. The molecule has 8 rings (SSSR count). The van der Waals surface area contributed by atoms with Gasteiger partial charge in [-0.3, -0.25) is 39.1 Å². The van der Waals surface area contributed by atoms with Crippen molar-refractivity contribution in [1.82, 2.24) is 34.8 Å². The fourth-order valence-electron chi connectivity index (χ4n) is 9.26. The lowest BCUT2D eigenvalue weighted by molar-refractivity contribution is -0.136. The first-order chi connectivity index (χ1) is 27.8. The highest BCUT2D eigenvalue weighted by atomic mass is 16.5. The van der Waals surface area contributed by atoms with Crippen molar-refractivity contribution in [3.05, 3.63) is 74.7 Å². The fraction of sp³-hybridized carbons (Fsp3) is 0.476. The molecule has 1 aromatic heterocycles. The number of benzene rings is 2. The highest BCUT2D eigenvalue weighted by Gasteiger charge is 2.48. The highest BCUT2D eigenvalue weighted by molar-refractivity contribution is 6.23. The minimum absolute atomic E-state index is 0.0344. The van der Waals surface area contributed by atoms with Crippen molar-refractivity contribution < 1.29 is 38.2 Å². The third-order valence-corrected chi connectivity index (χ3v) is 12.3. The quantitative estimate of drug-likeness (QED) is 0.272. The minimum Gasteiger partial charge on any atom is -0.496 e. The number of hydrogen-bond acceptors (Lipinski definition) is 11. The van der Waals surface area contributed by atoms with Gasteiger partial charge in [0.15, 0.2) is 0 Å². The lowest BCUT2D eigenvalue weighted by atomic mass is 9.71. The van der Waals surface area contributed by atoms with Crippen LogP contribution in [0.25, 0.3) is 11.1 Å². The van der Waals surface area contributed by atoms with Crippen LogP contribution in [0.3, 0.4) is 0 Å². The molecule has 2 aromatic carbocycles. The number of urea groups is 1. The summed E-state index contributed by atoms with van der Waals surface area (Å²) < 4.78 is 19.2. The number of piperidine rings is 1. The molecule has 1 saturated carbocycles. The number of fused-ring (bicyclic) bond motifs is 3. The fourth-order valence-corrected chi connectivity index (χ4v) is 9.26. The first-order valence-electron chi connectivity index (χ1n) is 19.7. The molecular formula is C42H49N7O9.